The molecule has 0 aliphatic carbocycles. The maximum absolute atomic E-state index is 13.1. The number of benzene rings is 2. The summed E-state index contributed by atoms with van der Waals surface area (Å²) in [6, 6.07) is 14.9. The highest BCUT2D eigenvalue weighted by Gasteiger charge is 2.25. The number of phosphoric acid groups is 1. The van der Waals surface area contributed by atoms with Crippen molar-refractivity contribution in [2.45, 2.75) is 78.7 Å². The van der Waals surface area contributed by atoms with Crippen LogP contribution in [0.3, 0.4) is 0 Å². The van der Waals surface area contributed by atoms with Gasteiger partial charge < -0.3 is 5.32 Å². The number of nitrogens with one attached hydrogen (secondary N) is 1. The van der Waals surface area contributed by atoms with Crippen LogP contribution < -0.4 is 5.32 Å². The molecule has 41 heavy (non-hydrogen) atoms. The van der Waals surface area contributed by atoms with Crippen molar-refractivity contribution in [1.82, 2.24) is 0 Å². The van der Waals surface area contributed by atoms with Gasteiger partial charge in [0.2, 0.25) is 0 Å². The van der Waals surface area contributed by atoms with E-state index < -0.39 is 7.82 Å². The van der Waals surface area contributed by atoms with E-state index >= 15 is 0 Å². The van der Waals surface area contributed by atoms with E-state index in [1.165, 1.54) is 16.7 Å². The summed E-state index contributed by atoms with van der Waals surface area (Å²) in [5.41, 5.74) is 6.27. The molecule has 0 atom stereocenters. The Morgan fingerprint density at radius 2 is 1.44 bits per heavy atom. The molecule has 0 bridgehead atoms. The summed E-state index contributed by atoms with van der Waals surface area (Å²) < 4.78 is 28.2. The average molecular weight is 600 g/mol. The van der Waals surface area contributed by atoms with Crippen molar-refractivity contribution in [1.29, 1.82) is 0 Å². The number of thioether (sulfide) groups is 1. The van der Waals surface area contributed by atoms with Crippen LogP contribution in [0, 0.1) is 0 Å². The molecule has 0 fully saturated rings. The summed E-state index contributed by atoms with van der Waals surface area (Å²) >= 11 is 1.66. The van der Waals surface area contributed by atoms with Gasteiger partial charge in [-0.25, -0.2) is 4.57 Å². The third-order valence-electron chi connectivity index (χ3n) is 6.10. The Kier molecular flexibility index (Phi) is 16.0. The molecule has 0 saturated carbocycles. The Balaban J connectivity index is 1.89. The first kappa shape index (κ1) is 34.8. The van der Waals surface area contributed by atoms with E-state index in [1.807, 2.05) is 36.4 Å². The zero-order chi connectivity index (χ0) is 30.1. The van der Waals surface area contributed by atoms with Crippen LogP contribution in [0.4, 0.5) is 5.69 Å². The van der Waals surface area contributed by atoms with Gasteiger partial charge in [-0.15, -0.1) is 11.8 Å². The van der Waals surface area contributed by atoms with Crippen molar-refractivity contribution < 1.29 is 22.9 Å². The molecule has 0 radical (unpaired) electrons. The van der Waals surface area contributed by atoms with Crippen molar-refractivity contribution in [2.75, 3.05) is 24.3 Å². The minimum atomic E-state index is -3.58. The minimum Gasteiger partial charge on any atom is -0.322 e. The highest BCUT2D eigenvalue weighted by molar-refractivity contribution is 7.99. The number of anilines is 1. The third kappa shape index (κ3) is 13.9. The molecule has 2 aromatic carbocycles. The SMILES string of the molecule is CCOP(=O)(OCC)OCc1ccc(NC(=O)c2ccccc2SC/C=C(\C)CC/C=C(\C)CCC=C(C)C)cc1. The van der Waals surface area contributed by atoms with Crippen LogP contribution >= 0.6 is 19.6 Å². The molecular formula is C33H46NO5PS. The summed E-state index contributed by atoms with van der Waals surface area (Å²) in [5.74, 6) is 0.644. The Hall–Kier alpha value is -2.41. The van der Waals surface area contributed by atoms with E-state index in [2.05, 4.69) is 51.2 Å². The van der Waals surface area contributed by atoms with Gasteiger partial charge in [0.1, 0.15) is 0 Å². The molecule has 2 aromatic rings. The van der Waals surface area contributed by atoms with Gasteiger partial charge in [-0.3, -0.25) is 18.4 Å². The van der Waals surface area contributed by atoms with Crippen LogP contribution in [-0.2, 0) is 24.7 Å². The predicted octanol–water partition coefficient (Wildman–Crippen LogP) is 10.1. The molecule has 0 heterocycles. The number of carbonyl (C=O) groups is 1. The molecule has 2 rings (SSSR count). The van der Waals surface area contributed by atoms with Crippen LogP contribution in [0.2, 0.25) is 0 Å². The molecule has 0 aliphatic heterocycles. The summed E-state index contributed by atoms with van der Waals surface area (Å²) in [6.45, 7) is 12.7. The Labute approximate surface area is 251 Å². The first-order valence-electron chi connectivity index (χ1n) is 14.3. The number of carbonyl (C=O) groups excluding carboxylic acids is 1. The molecular weight excluding hydrogens is 553 g/mol. The third-order valence-corrected chi connectivity index (χ3v) is 8.70. The first-order valence-corrected chi connectivity index (χ1v) is 16.7. The molecule has 6 nitrogen and oxygen atoms in total. The van der Waals surface area contributed by atoms with E-state index in [-0.39, 0.29) is 25.7 Å². The molecule has 224 valence electrons. The summed E-state index contributed by atoms with van der Waals surface area (Å²) in [7, 11) is -3.58. The molecule has 0 aliphatic rings. The summed E-state index contributed by atoms with van der Waals surface area (Å²) in [5, 5.41) is 2.97. The van der Waals surface area contributed by atoms with Crippen molar-refractivity contribution in [2.24, 2.45) is 0 Å². The number of hydrogen-bond acceptors (Lipinski definition) is 6. The monoisotopic (exact) mass is 599 g/mol. The number of rotatable bonds is 18. The highest BCUT2D eigenvalue weighted by Crippen LogP contribution is 2.49. The minimum absolute atomic E-state index is 0.0735. The molecule has 0 spiro atoms. The zero-order valence-corrected chi connectivity index (χ0v) is 27.1. The van der Waals surface area contributed by atoms with Gasteiger partial charge in [0.25, 0.3) is 5.91 Å². The van der Waals surface area contributed by atoms with Crippen molar-refractivity contribution in [3.8, 4) is 0 Å². The van der Waals surface area contributed by atoms with Crippen LogP contribution in [0.25, 0.3) is 0 Å². The largest absolute Gasteiger partial charge is 0.475 e. The van der Waals surface area contributed by atoms with Gasteiger partial charge in [-0.05, 0) is 97.1 Å². The second kappa shape index (κ2) is 18.9. The predicted molar refractivity (Wildman–Crippen MR) is 173 cm³/mol. The molecule has 0 aromatic heterocycles. The van der Waals surface area contributed by atoms with Gasteiger partial charge in [0.15, 0.2) is 0 Å². The Morgan fingerprint density at radius 1 is 0.829 bits per heavy atom. The number of hydrogen-bond donors (Lipinski definition) is 1. The maximum atomic E-state index is 13.1. The molecule has 8 heteroatoms. The van der Waals surface area contributed by atoms with Gasteiger partial charge in [0.05, 0.1) is 25.4 Å². The lowest BCUT2D eigenvalue weighted by Gasteiger charge is -2.16. The van der Waals surface area contributed by atoms with E-state index in [0.717, 1.165) is 41.9 Å². The fourth-order valence-electron chi connectivity index (χ4n) is 3.86. The first-order chi connectivity index (χ1) is 19.7. The average Bonchev–Trinajstić information content (AvgIpc) is 2.93. The second-order valence-corrected chi connectivity index (χ2v) is 12.7. The lowest BCUT2D eigenvalue weighted by molar-refractivity contribution is 0.102. The lowest BCUT2D eigenvalue weighted by Crippen LogP contribution is -2.13. The van der Waals surface area contributed by atoms with Crippen molar-refractivity contribution >= 4 is 31.2 Å². The number of phosphoric ester groups is 1. The zero-order valence-electron chi connectivity index (χ0n) is 25.4. The van der Waals surface area contributed by atoms with Crippen LogP contribution in [0.1, 0.15) is 83.1 Å². The van der Waals surface area contributed by atoms with Gasteiger partial charge in [-0.1, -0.05) is 59.2 Å². The van der Waals surface area contributed by atoms with Gasteiger partial charge in [0, 0.05) is 16.3 Å². The van der Waals surface area contributed by atoms with E-state index in [0.29, 0.717) is 11.3 Å². The quantitative estimate of drug-likeness (QED) is 0.104. The highest BCUT2D eigenvalue weighted by atomic mass is 32.2. The Bertz CT molecular complexity index is 1220. The van der Waals surface area contributed by atoms with Gasteiger partial charge in [-0.2, -0.15) is 0 Å². The van der Waals surface area contributed by atoms with Crippen LogP contribution in [-0.4, -0.2) is 24.9 Å². The van der Waals surface area contributed by atoms with E-state index in [1.54, 1.807) is 37.7 Å². The summed E-state index contributed by atoms with van der Waals surface area (Å²) in [4.78, 5) is 14.0. The van der Waals surface area contributed by atoms with Crippen LogP contribution in [0.5, 0.6) is 0 Å². The van der Waals surface area contributed by atoms with Gasteiger partial charge >= 0.3 is 7.82 Å². The maximum Gasteiger partial charge on any atom is 0.475 e. The molecule has 0 unspecified atom stereocenters. The normalized spacial score (nSPS) is 12.3. The van der Waals surface area contributed by atoms with Crippen molar-refractivity contribution in [3.05, 3.63) is 94.6 Å². The van der Waals surface area contributed by atoms with E-state index in [9.17, 15) is 9.36 Å². The fraction of sp³-hybridized carbons (Fsp3) is 0.424. The van der Waals surface area contributed by atoms with E-state index in [4.69, 9.17) is 13.6 Å². The Morgan fingerprint density at radius 3 is 2.07 bits per heavy atom. The topological polar surface area (TPSA) is 73.9 Å². The molecule has 0 saturated heterocycles. The molecule has 1 amide bonds. The lowest BCUT2D eigenvalue weighted by atomic mass is 10.1. The number of allylic oxidation sites excluding steroid dienone is 5. The second-order valence-electron chi connectivity index (χ2n) is 9.97. The smallest absolute Gasteiger partial charge is 0.322 e. The van der Waals surface area contributed by atoms with Crippen molar-refractivity contribution in [3.63, 3.8) is 0 Å². The number of amides is 1. The standard InChI is InChI=1S/C33H46NO5PS/c1-7-37-40(36,38-8-2)39-25-29-19-21-30(22-20-29)34-33(35)31-17-9-10-18-32(31)41-24-23-28(6)16-12-15-27(5)14-11-13-26(3)4/h9-10,13,15,17-23H,7-8,11-12,14,16,24-25H2,1-6H3,(H,34,35)/b27-15+,28-23+. The summed E-state index contributed by atoms with van der Waals surface area (Å²) in [6.07, 6.45) is 11.2. The van der Waals surface area contributed by atoms with Crippen LogP contribution in [0.15, 0.2) is 88.4 Å². The fourth-order valence-corrected chi connectivity index (χ4v) is 6.06. The molecule has 1 N–H and O–H groups in total.